The molecule has 1 heterocycles. The zero-order valence-electron chi connectivity index (χ0n) is 11.9. The number of rotatable bonds is 1. The molecule has 2 aromatic carbocycles. The van der Waals surface area contributed by atoms with Gasteiger partial charge in [0.1, 0.15) is 0 Å². The van der Waals surface area contributed by atoms with Crippen LogP contribution in [0.15, 0.2) is 42.5 Å². The molecule has 0 saturated heterocycles. The van der Waals surface area contributed by atoms with Crippen LogP contribution in [0.3, 0.4) is 0 Å². The van der Waals surface area contributed by atoms with Crippen molar-refractivity contribution in [3.05, 3.63) is 58.6 Å². The molecule has 1 saturated carbocycles. The van der Waals surface area contributed by atoms with Crippen LogP contribution in [0.2, 0.25) is 5.02 Å². The number of benzene rings is 2. The van der Waals surface area contributed by atoms with Gasteiger partial charge in [0.25, 0.3) is 0 Å². The lowest BCUT2D eigenvalue weighted by Crippen LogP contribution is -2.29. The summed E-state index contributed by atoms with van der Waals surface area (Å²) in [6, 6.07) is 14.9. The monoisotopic (exact) mass is 298 g/mol. The minimum Gasteiger partial charge on any atom is -0.397 e. The van der Waals surface area contributed by atoms with E-state index in [0.717, 1.165) is 16.4 Å². The van der Waals surface area contributed by atoms with Crippen molar-refractivity contribution in [2.45, 2.75) is 31.2 Å². The molecule has 1 aliphatic heterocycles. The number of fused-ring (bicyclic) bond motifs is 3. The second-order valence-corrected chi connectivity index (χ2v) is 6.62. The number of hydrogen-bond acceptors (Lipinski definition) is 2. The first-order valence-corrected chi connectivity index (χ1v) is 8.02. The van der Waals surface area contributed by atoms with E-state index in [-0.39, 0.29) is 0 Å². The van der Waals surface area contributed by atoms with Crippen LogP contribution >= 0.6 is 11.6 Å². The molecule has 108 valence electrons. The number of halogens is 1. The smallest absolute Gasteiger partial charge is 0.0614 e. The summed E-state index contributed by atoms with van der Waals surface area (Å²) >= 11 is 6.03. The first-order chi connectivity index (χ1) is 10.2. The Hall–Kier alpha value is -1.67. The zero-order valence-corrected chi connectivity index (χ0v) is 12.6. The SMILES string of the molecule is Nc1cccc2c1N[C@@H](c1ccc(Cl)cc1)[C@@H]1CCC[C@H]21. The second-order valence-electron chi connectivity index (χ2n) is 6.19. The van der Waals surface area contributed by atoms with Gasteiger partial charge in [-0.25, -0.2) is 0 Å². The summed E-state index contributed by atoms with van der Waals surface area (Å²) in [5.74, 6) is 1.28. The minimum absolute atomic E-state index is 0.340. The predicted octanol–water partition coefficient (Wildman–Crippen LogP) is 4.97. The van der Waals surface area contributed by atoms with Gasteiger partial charge < -0.3 is 11.1 Å². The minimum atomic E-state index is 0.340. The largest absolute Gasteiger partial charge is 0.397 e. The maximum absolute atomic E-state index is 6.20. The Morgan fingerprint density at radius 3 is 2.67 bits per heavy atom. The van der Waals surface area contributed by atoms with E-state index in [1.165, 1.54) is 30.4 Å². The van der Waals surface area contributed by atoms with Gasteiger partial charge >= 0.3 is 0 Å². The molecule has 3 heteroatoms. The number of anilines is 2. The Labute approximate surface area is 130 Å². The fraction of sp³-hybridized carbons (Fsp3) is 0.333. The van der Waals surface area contributed by atoms with Gasteiger partial charge in [0.2, 0.25) is 0 Å². The molecule has 0 bridgehead atoms. The van der Waals surface area contributed by atoms with Crippen molar-refractivity contribution < 1.29 is 0 Å². The lowest BCUT2D eigenvalue weighted by atomic mass is 9.77. The predicted molar refractivity (Wildman–Crippen MR) is 88.8 cm³/mol. The molecule has 2 aliphatic rings. The van der Waals surface area contributed by atoms with Crippen molar-refractivity contribution >= 4 is 23.0 Å². The molecule has 21 heavy (non-hydrogen) atoms. The Morgan fingerprint density at radius 2 is 1.86 bits per heavy atom. The van der Waals surface area contributed by atoms with Crippen LogP contribution in [0.5, 0.6) is 0 Å². The quantitative estimate of drug-likeness (QED) is 0.729. The molecule has 1 aliphatic carbocycles. The van der Waals surface area contributed by atoms with Crippen LogP contribution in [0.4, 0.5) is 11.4 Å². The van der Waals surface area contributed by atoms with Crippen LogP contribution in [-0.2, 0) is 0 Å². The fourth-order valence-corrected chi connectivity index (χ4v) is 4.23. The number of nitrogen functional groups attached to an aromatic ring is 1. The third kappa shape index (κ3) is 2.09. The van der Waals surface area contributed by atoms with Crippen molar-refractivity contribution in [3.8, 4) is 0 Å². The summed E-state index contributed by atoms with van der Waals surface area (Å²) in [7, 11) is 0. The highest BCUT2D eigenvalue weighted by molar-refractivity contribution is 6.30. The lowest BCUT2D eigenvalue weighted by molar-refractivity contribution is 0.406. The Bertz CT molecular complexity index is 665. The maximum Gasteiger partial charge on any atom is 0.0614 e. The van der Waals surface area contributed by atoms with Gasteiger partial charge in [-0.05, 0) is 54.0 Å². The summed E-state index contributed by atoms with van der Waals surface area (Å²) < 4.78 is 0. The summed E-state index contributed by atoms with van der Waals surface area (Å²) in [6.45, 7) is 0. The first-order valence-electron chi connectivity index (χ1n) is 7.64. The molecular formula is C18H19ClN2. The number of para-hydroxylation sites is 1. The standard InChI is InChI=1S/C18H19ClN2/c19-12-9-7-11(8-10-12)17-14-4-1-3-13(14)15-5-2-6-16(20)18(15)21-17/h2,5-10,13-14,17,21H,1,3-4,20H2/t13-,14+,17-/m0/s1. The molecule has 0 unspecified atom stereocenters. The normalized spacial score (nSPS) is 26.8. The molecule has 0 amide bonds. The lowest BCUT2D eigenvalue weighted by Gasteiger charge is -2.38. The molecule has 0 radical (unpaired) electrons. The third-order valence-corrected chi connectivity index (χ3v) is 5.31. The van der Waals surface area contributed by atoms with E-state index >= 15 is 0 Å². The average Bonchev–Trinajstić information content (AvgIpc) is 2.98. The van der Waals surface area contributed by atoms with Crippen LogP contribution in [-0.4, -0.2) is 0 Å². The topological polar surface area (TPSA) is 38.0 Å². The van der Waals surface area contributed by atoms with E-state index in [0.29, 0.717) is 17.9 Å². The van der Waals surface area contributed by atoms with Crippen LogP contribution in [0.25, 0.3) is 0 Å². The zero-order chi connectivity index (χ0) is 14.4. The summed E-state index contributed by atoms with van der Waals surface area (Å²) in [5, 5.41) is 4.49. The van der Waals surface area contributed by atoms with E-state index in [1.54, 1.807) is 0 Å². The van der Waals surface area contributed by atoms with E-state index in [9.17, 15) is 0 Å². The van der Waals surface area contributed by atoms with Gasteiger partial charge in [-0.3, -0.25) is 0 Å². The van der Waals surface area contributed by atoms with Crippen molar-refractivity contribution in [3.63, 3.8) is 0 Å². The van der Waals surface area contributed by atoms with Gasteiger partial charge in [-0.2, -0.15) is 0 Å². The summed E-state index contributed by atoms with van der Waals surface area (Å²) in [5.41, 5.74) is 10.9. The van der Waals surface area contributed by atoms with E-state index < -0.39 is 0 Å². The maximum atomic E-state index is 6.20. The highest BCUT2D eigenvalue weighted by Crippen LogP contribution is 2.53. The summed E-state index contributed by atoms with van der Waals surface area (Å²) in [6.07, 6.45) is 3.85. The number of hydrogen-bond donors (Lipinski definition) is 2. The highest BCUT2D eigenvalue weighted by Gasteiger charge is 2.40. The second kappa shape index (κ2) is 4.96. The molecule has 0 aromatic heterocycles. The molecule has 2 aromatic rings. The molecule has 2 nitrogen and oxygen atoms in total. The molecule has 4 rings (SSSR count). The van der Waals surface area contributed by atoms with Crippen LogP contribution in [0, 0.1) is 5.92 Å². The van der Waals surface area contributed by atoms with Gasteiger partial charge in [0.05, 0.1) is 17.4 Å². The van der Waals surface area contributed by atoms with Crippen molar-refractivity contribution in [2.24, 2.45) is 5.92 Å². The molecule has 1 fully saturated rings. The number of nitrogens with two attached hydrogens (primary N) is 1. The molecule has 3 atom stereocenters. The van der Waals surface area contributed by atoms with Crippen LogP contribution < -0.4 is 11.1 Å². The third-order valence-electron chi connectivity index (χ3n) is 5.05. The van der Waals surface area contributed by atoms with Crippen LogP contribution in [0.1, 0.15) is 42.3 Å². The van der Waals surface area contributed by atoms with E-state index in [4.69, 9.17) is 17.3 Å². The average molecular weight is 299 g/mol. The van der Waals surface area contributed by atoms with Crippen molar-refractivity contribution in [2.75, 3.05) is 11.1 Å². The summed E-state index contributed by atoms with van der Waals surface area (Å²) in [4.78, 5) is 0. The Kier molecular flexibility index (Phi) is 3.07. The Morgan fingerprint density at radius 1 is 1.05 bits per heavy atom. The van der Waals surface area contributed by atoms with E-state index in [1.807, 2.05) is 18.2 Å². The van der Waals surface area contributed by atoms with Gasteiger partial charge in [-0.1, -0.05) is 42.3 Å². The van der Waals surface area contributed by atoms with Gasteiger partial charge in [-0.15, -0.1) is 0 Å². The van der Waals surface area contributed by atoms with Gasteiger partial charge in [0.15, 0.2) is 0 Å². The van der Waals surface area contributed by atoms with E-state index in [2.05, 4.69) is 29.6 Å². The molecule has 3 N–H and O–H groups in total. The fourth-order valence-electron chi connectivity index (χ4n) is 4.10. The van der Waals surface area contributed by atoms with Crippen molar-refractivity contribution in [1.29, 1.82) is 0 Å². The first kappa shape index (κ1) is 13.0. The van der Waals surface area contributed by atoms with Crippen molar-refractivity contribution in [1.82, 2.24) is 0 Å². The Balaban J connectivity index is 1.79. The molecule has 0 spiro atoms. The molecular weight excluding hydrogens is 280 g/mol. The number of nitrogens with one attached hydrogen (secondary N) is 1. The highest BCUT2D eigenvalue weighted by atomic mass is 35.5. The van der Waals surface area contributed by atoms with Gasteiger partial charge in [0, 0.05) is 5.02 Å².